The molecule has 27 heavy (non-hydrogen) atoms. The summed E-state index contributed by atoms with van der Waals surface area (Å²) in [6, 6.07) is 16.0. The van der Waals surface area contributed by atoms with Crippen molar-refractivity contribution >= 4 is 23.2 Å². The van der Waals surface area contributed by atoms with Crippen molar-refractivity contribution < 1.29 is 4.79 Å². The van der Waals surface area contributed by atoms with E-state index < -0.39 is 0 Å². The fourth-order valence-corrected chi connectivity index (χ4v) is 3.67. The standard InChI is InChI=1S/C22H28ClN3O/c1-3-24(4-2)17-18-8-10-19(11-9-18)22(27)26-14-12-25(13-15-26)21-7-5-6-20(23)16-21/h5-11,16H,3-4,12-15,17H2,1-2H3. The van der Waals surface area contributed by atoms with Gasteiger partial charge in [0.25, 0.3) is 5.91 Å². The summed E-state index contributed by atoms with van der Waals surface area (Å²) in [6.07, 6.45) is 0. The van der Waals surface area contributed by atoms with Gasteiger partial charge in [-0.15, -0.1) is 0 Å². The normalized spacial score (nSPS) is 14.7. The van der Waals surface area contributed by atoms with Crippen molar-refractivity contribution in [2.75, 3.05) is 44.2 Å². The highest BCUT2D eigenvalue weighted by atomic mass is 35.5. The second kappa shape index (κ2) is 9.25. The minimum atomic E-state index is 0.120. The number of benzene rings is 2. The van der Waals surface area contributed by atoms with Crippen LogP contribution in [-0.4, -0.2) is 55.0 Å². The molecule has 144 valence electrons. The van der Waals surface area contributed by atoms with E-state index in [-0.39, 0.29) is 5.91 Å². The summed E-state index contributed by atoms with van der Waals surface area (Å²) in [5.74, 6) is 0.120. The van der Waals surface area contributed by atoms with Crippen LogP contribution in [0.2, 0.25) is 5.02 Å². The summed E-state index contributed by atoms with van der Waals surface area (Å²) in [5, 5.41) is 0.746. The largest absolute Gasteiger partial charge is 0.368 e. The lowest BCUT2D eigenvalue weighted by atomic mass is 10.1. The quantitative estimate of drug-likeness (QED) is 0.747. The third-order valence-electron chi connectivity index (χ3n) is 5.24. The Balaban J connectivity index is 1.57. The van der Waals surface area contributed by atoms with E-state index in [1.165, 1.54) is 5.56 Å². The zero-order valence-electron chi connectivity index (χ0n) is 16.2. The molecule has 1 amide bonds. The molecule has 5 heteroatoms. The molecule has 0 saturated carbocycles. The van der Waals surface area contributed by atoms with E-state index >= 15 is 0 Å². The second-order valence-corrected chi connectivity index (χ2v) is 7.35. The molecule has 0 unspecified atom stereocenters. The first-order chi connectivity index (χ1) is 13.1. The van der Waals surface area contributed by atoms with Crippen LogP contribution in [0.4, 0.5) is 5.69 Å². The number of carbonyl (C=O) groups excluding carboxylic acids is 1. The van der Waals surface area contributed by atoms with E-state index in [0.717, 1.165) is 62.1 Å². The molecule has 0 atom stereocenters. The molecule has 0 aliphatic carbocycles. The van der Waals surface area contributed by atoms with Crippen LogP contribution in [0.1, 0.15) is 29.8 Å². The Labute approximate surface area is 167 Å². The van der Waals surface area contributed by atoms with Gasteiger partial charge in [-0.1, -0.05) is 43.6 Å². The summed E-state index contributed by atoms with van der Waals surface area (Å²) in [6.45, 7) is 10.5. The van der Waals surface area contributed by atoms with Gasteiger partial charge >= 0.3 is 0 Å². The zero-order valence-corrected chi connectivity index (χ0v) is 17.0. The summed E-state index contributed by atoms with van der Waals surface area (Å²) >= 11 is 6.09. The number of piperazine rings is 1. The van der Waals surface area contributed by atoms with Gasteiger partial charge in [-0.2, -0.15) is 0 Å². The number of hydrogen-bond acceptors (Lipinski definition) is 3. The van der Waals surface area contributed by atoms with Gasteiger partial charge in [-0.25, -0.2) is 0 Å². The van der Waals surface area contributed by atoms with E-state index in [2.05, 4.69) is 41.8 Å². The van der Waals surface area contributed by atoms with Crippen LogP contribution >= 0.6 is 11.6 Å². The molecule has 0 bridgehead atoms. The Hall–Kier alpha value is -2.04. The lowest BCUT2D eigenvalue weighted by Gasteiger charge is -2.36. The van der Waals surface area contributed by atoms with Crippen molar-refractivity contribution in [2.24, 2.45) is 0 Å². The maximum absolute atomic E-state index is 12.8. The van der Waals surface area contributed by atoms with Crippen LogP contribution in [0, 0.1) is 0 Å². The van der Waals surface area contributed by atoms with Crippen LogP contribution in [-0.2, 0) is 6.54 Å². The van der Waals surface area contributed by atoms with E-state index in [4.69, 9.17) is 11.6 Å². The topological polar surface area (TPSA) is 26.8 Å². The first-order valence-electron chi connectivity index (χ1n) is 9.71. The fourth-order valence-electron chi connectivity index (χ4n) is 3.48. The Morgan fingerprint density at radius 2 is 1.67 bits per heavy atom. The van der Waals surface area contributed by atoms with Crippen molar-refractivity contribution in [3.05, 3.63) is 64.7 Å². The average molecular weight is 386 g/mol. The van der Waals surface area contributed by atoms with E-state index in [0.29, 0.717) is 0 Å². The SMILES string of the molecule is CCN(CC)Cc1ccc(C(=O)N2CCN(c3cccc(Cl)c3)CC2)cc1. The Morgan fingerprint density at radius 3 is 2.26 bits per heavy atom. The van der Waals surface area contributed by atoms with Crippen molar-refractivity contribution in [2.45, 2.75) is 20.4 Å². The molecule has 0 spiro atoms. The summed E-state index contributed by atoms with van der Waals surface area (Å²) in [4.78, 5) is 19.4. The van der Waals surface area contributed by atoms with Crippen molar-refractivity contribution in [1.29, 1.82) is 0 Å². The average Bonchev–Trinajstić information content (AvgIpc) is 2.72. The van der Waals surface area contributed by atoms with Gasteiger partial charge in [0.15, 0.2) is 0 Å². The third-order valence-corrected chi connectivity index (χ3v) is 5.48. The summed E-state index contributed by atoms with van der Waals surface area (Å²) in [5.41, 5.74) is 3.14. The monoisotopic (exact) mass is 385 g/mol. The lowest BCUT2D eigenvalue weighted by Crippen LogP contribution is -2.48. The van der Waals surface area contributed by atoms with Crippen molar-refractivity contribution in [3.8, 4) is 0 Å². The Kier molecular flexibility index (Phi) is 6.75. The summed E-state index contributed by atoms with van der Waals surface area (Å²) < 4.78 is 0. The Morgan fingerprint density at radius 1 is 1.00 bits per heavy atom. The van der Waals surface area contributed by atoms with Gasteiger partial charge in [0.1, 0.15) is 0 Å². The third kappa shape index (κ3) is 5.02. The number of carbonyl (C=O) groups is 1. The van der Waals surface area contributed by atoms with Gasteiger partial charge in [-0.3, -0.25) is 9.69 Å². The number of halogens is 1. The zero-order chi connectivity index (χ0) is 19.2. The number of amides is 1. The van der Waals surface area contributed by atoms with Crippen molar-refractivity contribution in [1.82, 2.24) is 9.80 Å². The Bertz CT molecular complexity index is 750. The minimum Gasteiger partial charge on any atom is -0.368 e. The lowest BCUT2D eigenvalue weighted by molar-refractivity contribution is 0.0747. The molecule has 1 saturated heterocycles. The molecule has 0 N–H and O–H groups in total. The highest BCUT2D eigenvalue weighted by molar-refractivity contribution is 6.30. The van der Waals surface area contributed by atoms with Crippen molar-refractivity contribution in [3.63, 3.8) is 0 Å². The molecule has 0 aromatic heterocycles. The number of rotatable bonds is 6. The number of anilines is 1. The predicted molar refractivity (Wildman–Crippen MR) is 113 cm³/mol. The highest BCUT2D eigenvalue weighted by Crippen LogP contribution is 2.21. The molecule has 4 nitrogen and oxygen atoms in total. The maximum Gasteiger partial charge on any atom is 0.253 e. The van der Waals surface area contributed by atoms with Gasteiger partial charge in [0.2, 0.25) is 0 Å². The molecular formula is C22H28ClN3O. The molecule has 1 aliphatic heterocycles. The molecule has 0 radical (unpaired) electrons. The van der Waals surface area contributed by atoms with Crippen LogP contribution in [0.5, 0.6) is 0 Å². The first kappa shape index (κ1) is 19.7. The van der Waals surface area contributed by atoms with Crippen LogP contribution < -0.4 is 4.90 Å². The highest BCUT2D eigenvalue weighted by Gasteiger charge is 2.22. The maximum atomic E-state index is 12.8. The first-order valence-corrected chi connectivity index (χ1v) is 10.1. The molecular weight excluding hydrogens is 358 g/mol. The van der Waals surface area contributed by atoms with Crippen LogP contribution in [0.15, 0.2) is 48.5 Å². The summed E-state index contributed by atoms with van der Waals surface area (Å²) in [7, 11) is 0. The number of nitrogens with zero attached hydrogens (tertiary/aromatic N) is 3. The van der Waals surface area contributed by atoms with Crippen LogP contribution in [0.25, 0.3) is 0 Å². The smallest absolute Gasteiger partial charge is 0.253 e. The predicted octanol–water partition coefficient (Wildman–Crippen LogP) is 4.14. The molecule has 3 rings (SSSR count). The van der Waals surface area contributed by atoms with Crippen LogP contribution in [0.3, 0.4) is 0 Å². The van der Waals surface area contributed by atoms with E-state index in [9.17, 15) is 4.79 Å². The van der Waals surface area contributed by atoms with Gasteiger partial charge in [0, 0.05) is 49.0 Å². The van der Waals surface area contributed by atoms with Gasteiger partial charge < -0.3 is 9.80 Å². The van der Waals surface area contributed by atoms with E-state index in [1.54, 1.807) is 0 Å². The molecule has 2 aromatic carbocycles. The number of hydrogen-bond donors (Lipinski definition) is 0. The van der Waals surface area contributed by atoms with E-state index in [1.807, 2.05) is 35.2 Å². The molecule has 1 heterocycles. The minimum absolute atomic E-state index is 0.120. The molecule has 1 aliphatic rings. The van der Waals surface area contributed by atoms with Gasteiger partial charge in [0.05, 0.1) is 0 Å². The molecule has 2 aromatic rings. The second-order valence-electron chi connectivity index (χ2n) is 6.92. The fraction of sp³-hybridized carbons (Fsp3) is 0.409. The molecule has 1 fully saturated rings. The van der Waals surface area contributed by atoms with Gasteiger partial charge in [-0.05, 0) is 49.0 Å².